The van der Waals surface area contributed by atoms with Gasteiger partial charge in [0.15, 0.2) is 12.4 Å². The van der Waals surface area contributed by atoms with Gasteiger partial charge in [-0.15, -0.1) is 0 Å². The van der Waals surface area contributed by atoms with Crippen LogP contribution in [-0.4, -0.2) is 34.3 Å². The van der Waals surface area contributed by atoms with Crippen molar-refractivity contribution in [2.75, 3.05) is 18.9 Å². The summed E-state index contributed by atoms with van der Waals surface area (Å²) in [6.45, 7) is -1.17. The number of rotatable bonds is 6. The normalized spacial score (nSPS) is 11.9. The van der Waals surface area contributed by atoms with Crippen LogP contribution in [0.15, 0.2) is 36.4 Å². The van der Waals surface area contributed by atoms with E-state index in [4.69, 9.17) is 15.6 Å². The lowest BCUT2D eigenvalue weighted by molar-refractivity contribution is -0.153. The lowest BCUT2D eigenvalue weighted by Gasteiger charge is -2.14. The predicted octanol–water partition coefficient (Wildman–Crippen LogP) is 3.75. The van der Waals surface area contributed by atoms with E-state index >= 15 is 0 Å². The van der Waals surface area contributed by atoms with Crippen LogP contribution in [0.25, 0.3) is 22.0 Å². The van der Waals surface area contributed by atoms with Crippen LogP contribution in [0, 0.1) is 5.82 Å². The average Bonchev–Trinajstić information content (AvgIpc) is 2.93. The van der Waals surface area contributed by atoms with Crippen molar-refractivity contribution < 1.29 is 27.4 Å². The van der Waals surface area contributed by atoms with Crippen molar-refractivity contribution >= 4 is 16.7 Å². The Morgan fingerprint density at radius 2 is 1.96 bits per heavy atom. The number of nitrogen functional groups attached to an aromatic ring is 1. The first-order chi connectivity index (χ1) is 12.8. The van der Waals surface area contributed by atoms with E-state index in [1.807, 2.05) is 0 Å². The Hall–Kier alpha value is -2.81. The molecule has 0 fully saturated rings. The number of aliphatic hydroxyl groups excluding tert-OH is 1. The Bertz CT molecular complexity index is 954. The number of nitrogens with two attached hydrogens (primary N) is 1. The van der Waals surface area contributed by atoms with Crippen molar-refractivity contribution in [2.24, 2.45) is 0 Å². The topological polar surface area (TPSA) is 73.3 Å². The van der Waals surface area contributed by atoms with Crippen molar-refractivity contribution in [2.45, 2.75) is 19.1 Å². The summed E-state index contributed by atoms with van der Waals surface area (Å²) in [7, 11) is 0. The van der Waals surface area contributed by atoms with Crippen LogP contribution in [0.4, 0.5) is 23.4 Å². The van der Waals surface area contributed by atoms with E-state index in [2.05, 4.69) is 5.10 Å². The highest BCUT2D eigenvalue weighted by Gasteiger charge is 2.29. The molecule has 0 atom stereocenters. The molecule has 9 heteroatoms. The van der Waals surface area contributed by atoms with Crippen molar-refractivity contribution in [3.05, 3.63) is 42.2 Å². The molecule has 0 aliphatic rings. The molecule has 0 bridgehead atoms. The molecule has 0 saturated carbocycles. The average molecular weight is 383 g/mol. The number of nitrogens with zero attached hydrogens (tertiary/aromatic N) is 2. The minimum absolute atomic E-state index is 0.0380. The smallest absolute Gasteiger partial charge is 0.422 e. The van der Waals surface area contributed by atoms with E-state index in [1.165, 1.54) is 12.1 Å². The van der Waals surface area contributed by atoms with Gasteiger partial charge < -0.3 is 15.6 Å². The van der Waals surface area contributed by atoms with Crippen LogP contribution >= 0.6 is 0 Å². The highest BCUT2D eigenvalue weighted by Crippen LogP contribution is 2.36. The Morgan fingerprint density at radius 1 is 1.19 bits per heavy atom. The van der Waals surface area contributed by atoms with Gasteiger partial charge in [-0.1, -0.05) is 12.1 Å². The first-order valence-electron chi connectivity index (χ1n) is 8.15. The summed E-state index contributed by atoms with van der Waals surface area (Å²) >= 11 is 0. The van der Waals surface area contributed by atoms with Gasteiger partial charge in [-0.05, 0) is 36.2 Å². The Balaban J connectivity index is 2.07. The molecular formula is C18H17F4N3O2. The zero-order valence-electron chi connectivity index (χ0n) is 14.1. The van der Waals surface area contributed by atoms with E-state index < -0.39 is 18.6 Å². The van der Waals surface area contributed by atoms with E-state index in [0.717, 1.165) is 6.07 Å². The summed E-state index contributed by atoms with van der Waals surface area (Å²) in [6, 6.07) is 8.49. The molecule has 2 aromatic carbocycles. The first kappa shape index (κ1) is 19.0. The number of ether oxygens (including phenoxy) is 1. The second-order valence-corrected chi connectivity index (χ2v) is 5.93. The van der Waals surface area contributed by atoms with Crippen molar-refractivity contribution in [1.29, 1.82) is 0 Å². The molecule has 144 valence electrons. The predicted molar refractivity (Wildman–Crippen MR) is 92.8 cm³/mol. The van der Waals surface area contributed by atoms with Gasteiger partial charge in [0, 0.05) is 18.5 Å². The number of aliphatic hydroxyl groups is 1. The molecule has 3 aromatic rings. The van der Waals surface area contributed by atoms with Crippen LogP contribution in [0.3, 0.4) is 0 Å². The number of aromatic nitrogens is 2. The van der Waals surface area contributed by atoms with Gasteiger partial charge in [0.05, 0.1) is 11.1 Å². The minimum atomic E-state index is -4.54. The molecule has 1 heterocycles. The molecule has 5 nitrogen and oxygen atoms in total. The number of benzene rings is 2. The summed E-state index contributed by atoms with van der Waals surface area (Å²) in [4.78, 5) is 0. The van der Waals surface area contributed by atoms with Crippen LogP contribution in [-0.2, 0) is 6.54 Å². The molecule has 0 spiro atoms. The second kappa shape index (κ2) is 7.43. The monoisotopic (exact) mass is 383 g/mol. The number of anilines is 1. The highest BCUT2D eigenvalue weighted by atomic mass is 19.4. The summed E-state index contributed by atoms with van der Waals surface area (Å²) in [5.41, 5.74) is 6.73. The van der Waals surface area contributed by atoms with Crippen LogP contribution in [0.5, 0.6) is 5.75 Å². The van der Waals surface area contributed by atoms with Crippen LogP contribution < -0.4 is 10.5 Å². The van der Waals surface area contributed by atoms with Gasteiger partial charge in [0.1, 0.15) is 11.6 Å². The van der Waals surface area contributed by atoms with Gasteiger partial charge in [0.25, 0.3) is 0 Å². The van der Waals surface area contributed by atoms with E-state index in [9.17, 15) is 17.6 Å². The van der Waals surface area contributed by atoms with Crippen molar-refractivity contribution in [1.82, 2.24) is 9.78 Å². The fourth-order valence-electron chi connectivity index (χ4n) is 2.81. The maximum atomic E-state index is 14.4. The zero-order valence-corrected chi connectivity index (χ0v) is 14.1. The number of alkyl halides is 3. The Morgan fingerprint density at radius 3 is 2.67 bits per heavy atom. The standard InChI is InChI=1S/C18H17F4N3O2/c19-13-3-1-4-15(27-10-18(20,21)22)16(13)11-5-6-12-14(9-11)25(7-2-8-26)24-17(12)23/h1,3-6,9,26H,2,7-8,10H2,(H2,23,24). The molecular weight excluding hydrogens is 366 g/mol. The largest absolute Gasteiger partial charge is 0.483 e. The summed E-state index contributed by atoms with van der Waals surface area (Å²) in [6.07, 6.45) is -4.09. The van der Waals surface area contributed by atoms with Gasteiger partial charge in [0.2, 0.25) is 0 Å². The number of halogens is 4. The van der Waals surface area contributed by atoms with Crippen molar-refractivity contribution in [3.8, 4) is 16.9 Å². The molecule has 0 aliphatic carbocycles. The van der Waals surface area contributed by atoms with Crippen molar-refractivity contribution in [3.63, 3.8) is 0 Å². The van der Waals surface area contributed by atoms with E-state index in [0.29, 0.717) is 29.4 Å². The fourth-order valence-corrected chi connectivity index (χ4v) is 2.81. The molecule has 1 aromatic heterocycles. The summed E-state index contributed by atoms with van der Waals surface area (Å²) in [5, 5.41) is 13.8. The number of hydrogen-bond donors (Lipinski definition) is 2. The van der Waals surface area contributed by atoms with Gasteiger partial charge in [-0.25, -0.2) is 4.39 Å². The quantitative estimate of drug-likeness (QED) is 0.636. The molecule has 0 amide bonds. The second-order valence-electron chi connectivity index (χ2n) is 5.93. The van der Waals surface area contributed by atoms with E-state index in [-0.39, 0.29) is 23.7 Å². The molecule has 0 saturated heterocycles. The molecule has 0 unspecified atom stereocenters. The maximum absolute atomic E-state index is 14.4. The van der Waals surface area contributed by atoms with Gasteiger partial charge in [-0.3, -0.25) is 4.68 Å². The molecule has 0 radical (unpaired) electrons. The number of fused-ring (bicyclic) bond motifs is 1. The SMILES string of the molecule is Nc1nn(CCCO)c2cc(-c3c(F)cccc3OCC(F)(F)F)ccc12. The number of aryl methyl sites for hydroxylation is 1. The highest BCUT2D eigenvalue weighted by molar-refractivity contribution is 5.93. The van der Waals surface area contributed by atoms with Gasteiger partial charge >= 0.3 is 6.18 Å². The lowest BCUT2D eigenvalue weighted by Crippen LogP contribution is -2.19. The third kappa shape index (κ3) is 4.13. The third-order valence-corrected chi connectivity index (χ3v) is 3.96. The summed E-state index contributed by atoms with van der Waals surface area (Å²) < 4.78 is 58.3. The molecule has 3 N–H and O–H groups in total. The number of hydrogen-bond acceptors (Lipinski definition) is 4. The summed E-state index contributed by atoms with van der Waals surface area (Å²) in [5.74, 6) is -0.638. The van der Waals surface area contributed by atoms with Crippen LogP contribution in [0.2, 0.25) is 0 Å². The first-order valence-corrected chi connectivity index (χ1v) is 8.15. The zero-order chi connectivity index (χ0) is 19.6. The Kier molecular flexibility index (Phi) is 5.22. The van der Waals surface area contributed by atoms with Gasteiger partial charge in [-0.2, -0.15) is 18.3 Å². The molecule has 3 rings (SSSR count). The molecule has 0 aliphatic heterocycles. The van der Waals surface area contributed by atoms with Crippen LogP contribution in [0.1, 0.15) is 6.42 Å². The lowest BCUT2D eigenvalue weighted by atomic mass is 10.0. The maximum Gasteiger partial charge on any atom is 0.422 e. The third-order valence-electron chi connectivity index (χ3n) is 3.96. The Labute approximate surface area is 152 Å². The minimum Gasteiger partial charge on any atom is -0.483 e. The van der Waals surface area contributed by atoms with E-state index in [1.54, 1.807) is 22.9 Å². The molecule has 27 heavy (non-hydrogen) atoms. The fraction of sp³-hybridized carbons (Fsp3) is 0.278.